The minimum atomic E-state index is -3.47. The third-order valence-corrected chi connectivity index (χ3v) is 7.65. The van der Waals surface area contributed by atoms with Crippen LogP contribution in [0.5, 0.6) is 0 Å². The lowest BCUT2D eigenvalue weighted by Crippen LogP contribution is -2.35. The lowest BCUT2D eigenvalue weighted by atomic mass is 9.99. The van der Waals surface area contributed by atoms with E-state index >= 15 is 0 Å². The first-order chi connectivity index (χ1) is 13.9. The predicted octanol–water partition coefficient (Wildman–Crippen LogP) is 3.97. The molecular formula is C23H29N3O2S. The van der Waals surface area contributed by atoms with E-state index in [1.807, 2.05) is 36.4 Å². The summed E-state index contributed by atoms with van der Waals surface area (Å²) in [5, 5.41) is 8.92. The molecule has 0 saturated carbocycles. The SMILES string of the molecule is CCC(C)c1ccc(S(=O)(=O)N2CCCN(Cc3ccc(C#N)cc3)CC2)cc1. The molecule has 2 aromatic rings. The van der Waals surface area contributed by atoms with Crippen LogP contribution in [0.2, 0.25) is 0 Å². The number of nitrogens with zero attached hydrogens (tertiary/aromatic N) is 3. The van der Waals surface area contributed by atoms with Crippen molar-refractivity contribution in [2.45, 2.75) is 44.0 Å². The molecule has 0 amide bonds. The van der Waals surface area contributed by atoms with Crippen molar-refractivity contribution in [3.05, 3.63) is 65.2 Å². The van der Waals surface area contributed by atoms with E-state index < -0.39 is 10.0 Å². The Morgan fingerprint density at radius 3 is 2.31 bits per heavy atom. The van der Waals surface area contributed by atoms with Crippen LogP contribution in [0.4, 0.5) is 0 Å². The molecule has 1 unspecified atom stereocenters. The molecule has 6 heteroatoms. The summed E-state index contributed by atoms with van der Waals surface area (Å²) in [6, 6.07) is 17.1. The van der Waals surface area contributed by atoms with Gasteiger partial charge in [0.25, 0.3) is 0 Å². The van der Waals surface area contributed by atoms with Crippen molar-refractivity contribution in [3.8, 4) is 6.07 Å². The average Bonchev–Trinajstić information content (AvgIpc) is 3.00. The molecule has 1 aliphatic rings. The zero-order valence-corrected chi connectivity index (χ0v) is 18.0. The number of sulfonamides is 1. The summed E-state index contributed by atoms with van der Waals surface area (Å²) in [6.45, 7) is 7.65. The molecule has 29 heavy (non-hydrogen) atoms. The molecule has 154 valence electrons. The Morgan fingerprint density at radius 1 is 1.00 bits per heavy atom. The van der Waals surface area contributed by atoms with Crippen LogP contribution in [0.1, 0.15) is 49.3 Å². The third-order valence-electron chi connectivity index (χ3n) is 5.74. The van der Waals surface area contributed by atoms with Crippen molar-refractivity contribution in [1.82, 2.24) is 9.21 Å². The molecule has 1 atom stereocenters. The molecule has 1 saturated heterocycles. The molecule has 5 nitrogen and oxygen atoms in total. The smallest absolute Gasteiger partial charge is 0.243 e. The van der Waals surface area contributed by atoms with E-state index in [2.05, 4.69) is 24.8 Å². The monoisotopic (exact) mass is 411 g/mol. The van der Waals surface area contributed by atoms with Gasteiger partial charge in [0, 0.05) is 26.2 Å². The molecule has 1 aliphatic heterocycles. The highest BCUT2D eigenvalue weighted by molar-refractivity contribution is 7.89. The summed E-state index contributed by atoms with van der Waals surface area (Å²) >= 11 is 0. The normalized spacial score (nSPS) is 17.4. The van der Waals surface area contributed by atoms with Crippen molar-refractivity contribution in [3.63, 3.8) is 0 Å². The predicted molar refractivity (Wildman–Crippen MR) is 115 cm³/mol. The second-order valence-corrected chi connectivity index (χ2v) is 9.66. The van der Waals surface area contributed by atoms with Gasteiger partial charge in [-0.25, -0.2) is 8.42 Å². The molecule has 1 fully saturated rings. The topological polar surface area (TPSA) is 64.4 Å². The van der Waals surface area contributed by atoms with E-state index in [0.29, 0.717) is 36.0 Å². The van der Waals surface area contributed by atoms with Gasteiger partial charge in [0.2, 0.25) is 10.0 Å². The third kappa shape index (κ3) is 5.24. The van der Waals surface area contributed by atoms with Crippen LogP contribution >= 0.6 is 0 Å². The minimum Gasteiger partial charge on any atom is -0.298 e. The molecule has 0 bridgehead atoms. The Kier molecular flexibility index (Phi) is 7.07. The maximum Gasteiger partial charge on any atom is 0.243 e. The molecule has 0 spiro atoms. The second kappa shape index (κ2) is 9.53. The zero-order chi connectivity index (χ0) is 20.9. The fourth-order valence-corrected chi connectivity index (χ4v) is 5.11. The standard InChI is InChI=1S/C23H29N3O2S/c1-3-19(2)22-9-11-23(12-10-22)29(27,28)26-14-4-13-25(15-16-26)18-21-7-5-20(17-24)6-8-21/h5-12,19H,3-4,13-16,18H2,1-2H3. The molecule has 0 radical (unpaired) electrons. The van der Waals surface area contributed by atoms with E-state index in [1.54, 1.807) is 16.4 Å². The first-order valence-corrected chi connectivity index (χ1v) is 11.7. The molecule has 2 aromatic carbocycles. The Balaban J connectivity index is 1.65. The molecule has 0 N–H and O–H groups in total. The Morgan fingerprint density at radius 2 is 1.69 bits per heavy atom. The van der Waals surface area contributed by atoms with Crippen molar-refractivity contribution in [1.29, 1.82) is 5.26 Å². The first kappa shape index (κ1) is 21.5. The van der Waals surface area contributed by atoms with Gasteiger partial charge in [0.15, 0.2) is 0 Å². The lowest BCUT2D eigenvalue weighted by molar-refractivity contribution is 0.278. The summed E-state index contributed by atoms with van der Waals surface area (Å²) < 4.78 is 27.8. The average molecular weight is 412 g/mol. The summed E-state index contributed by atoms with van der Waals surface area (Å²) in [5.74, 6) is 0.431. The van der Waals surface area contributed by atoms with Gasteiger partial charge in [0.05, 0.1) is 16.5 Å². The number of nitriles is 1. The van der Waals surface area contributed by atoms with Gasteiger partial charge in [-0.1, -0.05) is 38.1 Å². The van der Waals surface area contributed by atoms with Crippen LogP contribution in [0.15, 0.2) is 53.4 Å². The van der Waals surface area contributed by atoms with Crippen LogP contribution < -0.4 is 0 Å². The van der Waals surface area contributed by atoms with Gasteiger partial charge < -0.3 is 0 Å². The van der Waals surface area contributed by atoms with E-state index in [1.165, 1.54) is 5.56 Å². The summed E-state index contributed by atoms with van der Waals surface area (Å²) in [7, 11) is -3.47. The highest BCUT2D eigenvalue weighted by atomic mass is 32.2. The Hall–Kier alpha value is -2.20. The van der Waals surface area contributed by atoms with Crippen LogP contribution in [0.3, 0.4) is 0 Å². The van der Waals surface area contributed by atoms with Crippen LogP contribution in [0, 0.1) is 11.3 Å². The highest BCUT2D eigenvalue weighted by Gasteiger charge is 2.27. The Labute approximate surface area is 174 Å². The molecule has 1 heterocycles. The highest BCUT2D eigenvalue weighted by Crippen LogP contribution is 2.23. The fraction of sp³-hybridized carbons (Fsp3) is 0.435. The molecular weight excluding hydrogens is 382 g/mol. The van der Waals surface area contributed by atoms with Gasteiger partial charge in [-0.3, -0.25) is 4.90 Å². The van der Waals surface area contributed by atoms with E-state index in [9.17, 15) is 8.42 Å². The number of rotatable bonds is 6. The zero-order valence-electron chi connectivity index (χ0n) is 17.2. The Bertz CT molecular complexity index is 947. The quantitative estimate of drug-likeness (QED) is 0.721. The van der Waals surface area contributed by atoms with Gasteiger partial charge in [-0.2, -0.15) is 9.57 Å². The number of hydrogen-bond donors (Lipinski definition) is 0. The minimum absolute atomic E-state index is 0.380. The van der Waals surface area contributed by atoms with E-state index in [0.717, 1.165) is 31.5 Å². The summed E-state index contributed by atoms with van der Waals surface area (Å²) in [4.78, 5) is 2.66. The van der Waals surface area contributed by atoms with Gasteiger partial charge in [-0.15, -0.1) is 0 Å². The molecule has 0 aliphatic carbocycles. The fourth-order valence-electron chi connectivity index (χ4n) is 3.64. The second-order valence-electron chi connectivity index (χ2n) is 7.72. The van der Waals surface area contributed by atoms with Crippen LogP contribution in [0.25, 0.3) is 0 Å². The van der Waals surface area contributed by atoms with Crippen LogP contribution in [-0.4, -0.2) is 43.8 Å². The van der Waals surface area contributed by atoms with E-state index in [-0.39, 0.29) is 0 Å². The lowest BCUT2D eigenvalue weighted by Gasteiger charge is -2.22. The van der Waals surface area contributed by atoms with Crippen molar-refractivity contribution >= 4 is 10.0 Å². The van der Waals surface area contributed by atoms with Crippen molar-refractivity contribution in [2.75, 3.05) is 26.2 Å². The van der Waals surface area contributed by atoms with Crippen molar-refractivity contribution < 1.29 is 8.42 Å². The van der Waals surface area contributed by atoms with E-state index in [4.69, 9.17) is 5.26 Å². The maximum atomic E-state index is 13.1. The summed E-state index contributed by atoms with van der Waals surface area (Å²) in [5.41, 5.74) is 2.97. The molecule has 3 rings (SSSR count). The van der Waals surface area contributed by atoms with Gasteiger partial charge >= 0.3 is 0 Å². The number of hydrogen-bond acceptors (Lipinski definition) is 4. The van der Waals surface area contributed by atoms with Crippen LogP contribution in [-0.2, 0) is 16.6 Å². The van der Waals surface area contributed by atoms with Gasteiger partial charge in [0.1, 0.15) is 0 Å². The largest absolute Gasteiger partial charge is 0.298 e. The van der Waals surface area contributed by atoms with Crippen molar-refractivity contribution in [2.24, 2.45) is 0 Å². The number of benzene rings is 2. The maximum absolute atomic E-state index is 13.1. The van der Waals surface area contributed by atoms with Gasteiger partial charge in [-0.05, 0) is 60.7 Å². The molecule has 0 aromatic heterocycles. The summed E-state index contributed by atoms with van der Waals surface area (Å²) in [6.07, 6.45) is 1.84. The first-order valence-electron chi connectivity index (χ1n) is 10.3.